The summed E-state index contributed by atoms with van der Waals surface area (Å²) in [6, 6.07) is 10.0. The van der Waals surface area contributed by atoms with Crippen molar-refractivity contribution < 1.29 is 9.32 Å². The molecule has 5 nitrogen and oxygen atoms in total. The van der Waals surface area contributed by atoms with E-state index in [2.05, 4.69) is 15.4 Å². The lowest BCUT2D eigenvalue weighted by Crippen LogP contribution is -2.45. The van der Waals surface area contributed by atoms with E-state index >= 15 is 0 Å². The summed E-state index contributed by atoms with van der Waals surface area (Å²) < 4.78 is 5.22. The standard InChI is InChI=1S/C18H20ClN3O2/c19-13-3-1-2-12(10-13)16-11-17(24-21-16)18(23)20-14-6-8-22(9-7-14)15-4-5-15/h1-3,10-11,14-15H,4-9H2,(H,20,23). The Morgan fingerprint density at radius 2 is 2.00 bits per heavy atom. The average Bonchev–Trinajstić information content (AvgIpc) is 3.31. The van der Waals surface area contributed by atoms with E-state index in [4.69, 9.17) is 16.1 Å². The maximum absolute atomic E-state index is 12.4. The lowest BCUT2D eigenvalue weighted by molar-refractivity contribution is 0.0872. The molecule has 4 rings (SSSR count). The lowest BCUT2D eigenvalue weighted by atomic mass is 10.0. The number of halogens is 1. The van der Waals surface area contributed by atoms with Crippen molar-refractivity contribution in [3.8, 4) is 11.3 Å². The minimum Gasteiger partial charge on any atom is -0.350 e. The first kappa shape index (κ1) is 15.7. The fraction of sp³-hybridized carbons (Fsp3) is 0.444. The van der Waals surface area contributed by atoms with E-state index in [1.54, 1.807) is 18.2 Å². The molecule has 24 heavy (non-hydrogen) atoms. The number of carbonyl (C=O) groups is 1. The highest BCUT2D eigenvalue weighted by molar-refractivity contribution is 6.30. The number of aromatic nitrogens is 1. The van der Waals surface area contributed by atoms with Crippen LogP contribution >= 0.6 is 11.6 Å². The summed E-state index contributed by atoms with van der Waals surface area (Å²) in [6.07, 6.45) is 4.66. The highest BCUT2D eigenvalue weighted by atomic mass is 35.5. The van der Waals surface area contributed by atoms with Crippen LogP contribution < -0.4 is 5.32 Å². The summed E-state index contributed by atoms with van der Waals surface area (Å²) in [5, 5.41) is 7.68. The molecule has 1 saturated carbocycles. The number of nitrogens with one attached hydrogen (secondary N) is 1. The van der Waals surface area contributed by atoms with Crippen LogP contribution in [0.3, 0.4) is 0 Å². The van der Waals surface area contributed by atoms with Crippen molar-refractivity contribution >= 4 is 17.5 Å². The smallest absolute Gasteiger partial charge is 0.290 e. The molecule has 0 spiro atoms. The van der Waals surface area contributed by atoms with Gasteiger partial charge in [-0.05, 0) is 37.8 Å². The van der Waals surface area contributed by atoms with Gasteiger partial charge in [-0.1, -0.05) is 28.9 Å². The first-order valence-corrected chi connectivity index (χ1v) is 8.84. The zero-order chi connectivity index (χ0) is 16.5. The highest BCUT2D eigenvalue weighted by Crippen LogP contribution is 2.29. The largest absolute Gasteiger partial charge is 0.350 e. The van der Waals surface area contributed by atoms with Crippen LogP contribution in [-0.2, 0) is 0 Å². The predicted molar refractivity (Wildman–Crippen MR) is 92.0 cm³/mol. The van der Waals surface area contributed by atoms with Crippen LogP contribution in [-0.4, -0.2) is 41.1 Å². The van der Waals surface area contributed by atoms with E-state index in [0.29, 0.717) is 10.7 Å². The second-order valence-electron chi connectivity index (χ2n) is 6.60. The molecule has 1 aromatic heterocycles. The van der Waals surface area contributed by atoms with Gasteiger partial charge in [-0.25, -0.2) is 0 Å². The summed E-state index contributed by atoms with van der Waals surface area (Å²) in [4.78, 5) is 14.9. The Labute approximate surface area is 146 Å². The van der Waals surface area contributed by atoms with Gasteiger partial charge in [-0.2, -0.15) is 0 Å². The molecule has 1 saturated heterocycles. The molecular weight excluding hydrogens is 326 g/mol. The van der Waals surface area contributed by atoms with Crippen molar-refractivity contribution in [2.24, 2.45) is 0 Å². The molecule has 2 heterocycles. The summed E-state index contributed by atoms with van der Waals surface area (Å²) in [5.41, 5.74) is 1.45. The number of amides is 1. The van der Waals surface area contributed by atoms with E-state index in [-0.39, 0.29) is 17.7 Å². The molecule has 2 aromatic rings. The molecule has 1 aliphatic heterocycles. The van der Waals surface area contributed by atoms with Gasteiger partial charge in [0, 0.05) is 41.8 Å². The number of nitrogens with zero attached hydrogens (tertiary/aromatic N) is 2. The molecule has 2 aliphatic rings. The molecule has 0 atom stereocenters. The number of hydrogen-bond acceptors (Lipinski definition) is 4. The van der Waals surface area contributed by atoms with Crippen molar-refractivity contribution in [1.29, 1.82) is 0 Å². The van der Waals surface area contributed by atoms with Crippen LogP contribution in [0.1, 0.15) is 36.2 Å². The van der Waals surface area contributed by atoms with Crippen LogP contribution in [0.4, 0.5) is 0 Å². The van der Waals surface area contributed by atoms with Crippen molar-refractivity contribution in [1.82, 2.24) is 15.4 Å². The van der Waals surface area contributed by atoms with Crippen LogP contribution in [0.25, 0.3) is 11.3 Å². The van der Waals surface area contributed by atoms with Crippen molar-refractivity contribution in [2.75, 3.05) is 13.1 Å². The minimum atomic E-state index is -0.194. The monoisotopic (exact) mass is 345 g/mol. The SMILES string of the molecule is O=C(NC1CCN(C2CC2)CC1)c1cc(-c2cccc(Cl)c2)no1. The van der Waals surface area contributed by atoms with Gasteiger partial charge >= 0.3 is 0 Å². The second kappa shape index (κ2) is 6.57. The summed E-state index contributed by atoms with van der Waals surface area (Å²) in [7, 11) is 0. The quantitative estimate of drug-likeness (QED) is 0.923. The van der Waals surface area contributed by atoms with E-state index in [9.17, 15) is 4.79 Å². The zero-order valence-electron chi connectivity index (χ0n) is 13.4. The van der Waals surface area contributed by atoms with Crippen LogP contribution in [0.15, 0.2) is 34.9 Å². The van der Waals surface area contributed by atoms with Gasteiger partial charge in [0.15, 0.2) is 0 Å². The summed E-state index contributed by atoms with van der Waals surface area (Å²) >= 11 is 5.99. The third-order valence-electron chi connectivity index (χ3n) is 4.78. The molecule has 1 aromatic carbocycles. The molecule has 0 radical (unpaired) electrons. The zero-order valence-corrected chi connectivity index (χ0v) is 14.1. The molecular formula is C18H20ClN3O2. The topological polar surface area (TPSA) is 58.4 Å². The first-order valence-electron chi connectivity index (χ1n) is 8.46. The van der Waals surface area contributed by atoms with Gasteiger partial charge in [-0.3, -0.25) is 4.79 Å². The third kappa shape index (κ3) is 3.47. The van der Waals surface area contributed by atoms with Gasteiger partial charge in [0.25, 0.3) is 5.91 Å². The van der Waals surface area contributed by atoms with Gasteiger partial charge in [0.1, 0.15) is 5.69 Å². The Kier molecular flexibility index (Phi) is 4.29. The highest BCUT2D eigenvalue weighted by Gasteiger charge is 2.32. The maximum Gasteiger partial charge on any atom is 0.290 e. The first-order chi connectivity index (χ1) is 11.7. The van der Waals surface area contributed by atoms with Gasteiger partial charge in [0.05, 0.1) is 0 Å². The molecule has 6 heteroatoms. The molecule has 1 amide bonds. The van der Waals surface area contributed by atoms with E-state index < -0.39 is 0 Å². The van der Waals surface area contributed by atoms with Gasteiger partial charge in [0.2, 0.25) is 5.76 Å². The second-order valence-corrected chi connectivity index (χ2v) is 7.04. The fourth-order valence-corrected chi connectivity index (χ4v) is 3.46. The van der Waals surface area contributed by atoms with E-state index in [1.807, 2.05) is 12.1 Å². The number of piperidine rings is 1. The van der Waals surface area contributed by atoms with Crippen molar-refractivity contribution in [3.05, 3.63) is 41.1 Å². The normalized spacial score (nSPS) is 19.4. The fourth-order valence-electron chi connectivity index (χ4n) is 3.27. The number of likely N-dealkylation sites (tertiary alicyclic amines) is 1. The number of carbonyl (C=O) groups excluding carboxylic acids is 1. The lowest BCUT2D eigenvalue weighted by Gasteiger charge is -2.32. The maximum atomic E-state index is 12.4. The molecule has 1 N–H and O–H groups in total. The number of hydrogen-bond donors (Lipinski definition) is 1. The Bertz CT molecular complexity index is 733. The Morgan fingerprint density at radius 3 is 2.71 bits per heavy atom. The number of benzene rings is 1. The van der Waals surface area contributed by atoms with Crippen LogP contribution in [0.5, 0.6) is 0 Å². The molecule has 1 aliphatic carbocycles. The van der Waals surface area contributed by atoms with E-state index in [0.717, 1.165) is 37.5 Å². The Hall–Kier alpha value is -1.85. The van der Waals surface area contributed by atoms with E-state index in [1.165, 1.54) is 12.8 Å². The third-order valence-corrected chi connectivity index (χ3v) is 5.02. The summed E-state index contributed by atoms with van der Waals surface area (Å²) in [6.45, 7) is 2.14. The molecule has 0 unspecified atom stereocenters. The Balaban J connectivity index is 1.37. The van der Waals surface area contributed by atoms with Gasteiger partial charge < -0.3 is 14.7 Å². The molecule has 126 valence electrons. The molecule has 2 fully saturated rings. The predicted octanol–water partition coefficient (Wildman–Crippen LogP) is 3.35. The van der Waals surface area contributed by atoms with Crippen molar-refractivity contribution in [2.45, 2.75) is 37.8 Å². The van der Waals surface area contributed by atoms with Crippen LogP contribution in [0, 0.1) is 0 Å². The Morgan fingerprint density at radius 1 is 1.21 bits per heavy atom. The molecule has 0 bridgehead atoms. The minimum absolute atomic E-state index is 0.194. The summed E-state index contributed by atoms with van der Waals surface area (Å²) in [5.74, 6) is 0.0512. The van der Waals surface area contributed by atoms with Crippen LogP contribution in [0.2, 0.25) is 5.02 Å². The van der Waals surface area contributed by atoms with Crippen molar-refractivity contribution in [3.63, 3.8) is 0 Å². The number of rotatable bonds is 4. The van der Waals surface area contributed by atoms with Gasteiger partial charge in [-0.15, -0.1) is 0 Å². The average molecular weight is 346 g/mol.